The first-order chi connectivity index (χ1) is 15.6. The van der Waals surface area contributed by atoms with Crippen LogP contribution in [0.5, 0.6) is 0 Å². The van der Waals surface area contributed by atoms with E-state index in [2.05, 4.69) is 0 Å². The Labute approximate surface area is 193 Å². The molecule has 2 amide bonds. The maximum absolute atomic E-state index is 12.9. The van der Waals surface area contributed by atoms with E-state index in [0.717, 1.165) is 11.3 Å². The summed E-state index contributed by atoms with van der Waals surface area (Å²) in [5.74, 6) is -0.999. The summed E-state index contributed by atoms with van der Waals surface area (Å²) in [4.78, 5) is 38.9. The van der Waals surface area contributed by atoms with Gasteiger partial charge in [-0.1, -0.05) is 30.3 Å². The number of aromatic carboxylic acids is 1. The first-order valence-electron chi connectivity index (χ1n) is 10.7. The van der Waals surface area contributed by atoms with Gasteiger partial charge < -0.3 is 19.5 Å². The van der Waals surface area contributed by atoms with Crippen LogP contribution < -0.4 is 4.90 Å². The highest BCUT2D eigenvalue weighted by Gasteiger charge is 2.33. The molecule has 0 unspecified atom stereocenters. The van der Waals surface area contributed by atoms with Crippen LogP contribution in [0.25, 0.3) is 0 Å². The summed E-state index contributed by atoms with van der Waals surface area (Å²) >= 11 is 0. The summed E-state index contributed by atoms with van der Waals surface area (Å²) in [5, 5.41) is 11.7. The predicted molar refractivity (Wildman–Crippen MR) is 122 cm³/mol. The standard InChI is InChI=1S/C24H29N3O6/c1-24(2,3)33-23(31)27-16-14-25(20-11-9-19(10-12-20)21(28)29)13-15-26(27)22(30)32-17-18-7-5-4-6-8-18/h4-12H,13-17H2,1-3H3,(H,28,29). The van der Waals surface area contributed by atoms with Gasteiger partial charge in [-0.3, -0.25) is 0 Å². The molecule has 176 valence electrons. The molecular weight excluding hydrogens is 426 g/mol. The first-order valence-corrected chi connectivity index (χ1v) is 10.7. The van der Waals surface area contributed by atoms with Crippen molar-refractivity contribution in [3.05, 3.63) is 65.7 Å². The van der Waals surface area contributed by atoms with E-state index in [0.29, 0.717) is 13.1 Å². The summed E-state index contributed by atoms with van der Waals surface area (Å²) in [6.07, 6.45) is -1.28. The molecule has 1 aliphatic rings. The van der Waals surface area contributed by atoms with Crippen molar-refractivity contribution in [3.8, 4) is 0 Å². The maximum atomic E-state index is 12.9. The Morgan fingerprint density at radius 2 is 1.42 bits per heavy atom. The minimum absolute atomic E-state index is 0.0820. The Balaban J connectivity index is 1.76. The fraction of sp³-hybridized carbons (Fsp3) is 0.375. The average molecular weight is 456 g/mol. The number of hydrogen-bond donors (Lipinski definition) is 1. The number of amides is 2. The second-order valence-corrected chi connectivity index (χ2v) is 8.61. The third kappa shape index (κ3) is 6.61. The molecule has 0 atom stereocenters. The van der Waals surface area contributed by atoms with Crippen molar-refractivity contribution in [2.24, 2.45) is 0 Å². The van der Waals surface area contributed by atoms with Crippen LogP contribution in [-0.2, 0) is 16.1 Å². The summed E-state index contributed by atoms with van der Waals surface area (Å²) < 4.78 is 11.0. The fourth-order valence-electron chi connectivity index (χ4n) is 3.35. The molecule has 1 saturated heterocycles. The van der Waals surface area contributed by atoms with Gasteiger partial charge in [-0.25, -0.2) is 24.4 Å². The second kappa shape index (κ2) is 10.2. The van der Waals surface area contributed by atoms with Gasteiger partial charge in [-0.15, -0.1) is 0 Å². The van der Waals surface area contributed by atoms with Crippen LogP contribution in [0, 0.1) is 0 Å². The molecule has 0 bridgehead atoms. The zero-order valence-electron chi connectivity index (χ0n) is 19.1. The monoisotopic (exact) mass is 455 g/mol. The van der Waals surface area contributed by atoms with Crippen LogP contribution in [0.15, 0.2) is 54.6 Å². The lowest BCUT2D eigenvalue weighted by Crippen LogP contribution is -2.52. The van der Waals surface area contributed by atoms with E-state index in [1.54, 1.807) is 32.9 Å². The lowest BCUT2D eigenvalue weighted by molar-refractivity contribution is -0.0421. The number of hydrogen-bond acceptors (Lipinski definition) is 6. The lowest BCUT2D eigenvalue weighted by Gasteiger charge is -2.33. The highest BCUT2D eigenvalue weighted by Crippen LogP contribution is 2.20. The Morgan fingerprint density at radius 3 is 1.97 bits per heavy atom. The molecule has 1 aliphatic heterocycles. The van der Waals surface area contributed by atoms with Gasteiger partial charge in [0.2, 0.25) is 0 Å². The van der Waals surface area contributed by atoms with Crippen LogP contribution >= 0.6 is 0 Å². The molecule has 0 aromatic heterocycles. The van der Waals surface area contributed by atoms with Crippen molar-refractivity contribution >= 4 is 23.8 Å². The van der Waals surface area contributed by atoms with Crippen LogP contribution in [0.2, 0.25) is 0 Å². The Bertz CT molecular complexity index is 972. The molecule has 3 rings (SSSR count). The second-order valence-electron chi connectivity index (χ2n) is 8.61. The zero-order valence-corrected chi connectivity index (χ0v) is 19.1. The van der Waals surface area contributed by atoms with Crippen LogP contribution in [-0.4, -0.2) is 65.1 Å². The zero-order chi connectivity index (χ0) is 24.0. The van der Waals surface area contributed by atoms with Crippen molar-refractivity contribution < 1.29 is 29.0 Å². The molecule has 1 N–H and O–H groups in total. The molecule has 1 fully saturated rings. The summed E-state index contributed by atoms with van der Waals surface area (Å²) in [7, 11) is 0. The quantitative estimate of drug-likeness (QED) is 0.744. The van der Waals surface area contributed by atoms with E-state index in [4.69, 9.17) is 14.6 Å². The van der Waals surface area contributed by atoms with E-state index >= 15 is 0 Å². The number of carboxylic acid groups (broad SMARTS) is 1. The van der Waals surface area contributed by atoms with E-state index in [-0.39, 0.29) is 25.3 Å². The number of ether oxygens (including phenoxy) is 2. The number of hydrazine groups is 1. The van der Waals surface area contributed by atoms with Gasteiger partial charge in [-0.2, -0.15) is 0 Å². The van der Waals surface area contributed by atoms with E-state index in [1.807, 2.05) is 35.2 Å². The van der Waals surface area contributed by atoms with Crippen molar-refractivity contribution in [3.63, 3.8) is 0 Å². The first kappa shape index (κ1) is 23.9. The largest absolute Gasteiger partial charge is 0.478 e. The molecule has 9 nitrogen and oxygen atoms in total. The third-order valence-corrected chi connectivity index (χ3v) is 4.95. The van der Waals surface area contributed by atoms with Crippen molar-refractivity contribution in [2.75, 3.05) is 31.1 Å². The molecule has 1 heterocycles. The van der Waals surface area contributed by atoms with Crippen molar-refractivity contribution in [1.82, 2.24) is 10.0 Å². The van der Waals surface area contributed by atoms with Gasteiger partial charge in [0.05, 0.1) is 18.7 Å². The Morgan fingerprint density at radius 1 is 0.848 bits per heavy atom. The molecule has 2 aromatic carbocycles. The van der Waals surface area contributed by atoms with Crippen molar-refractivity contribution in [1.29, 1.82) is 0 Å². The number of rotatable bonds is 4. The van der Waals surface area contributed by atoms with E-state index < -0.39 is 23.8 Å². The number of carbonyl (C=O) groups is 3. The SMILES string of the molecule is CC(C)(C)OC(=O)N1CCN(c2ccc(C(=O)O)cc2)CCN1C(=O)OCc1ccccc1. The number of anilines is 1. The maximum Gasteiger partial charge on any atom is 0.429 e. The van der Waals surface area contributed by atoms with E-state index in [1.165, 1.54) is 22.2 Å². The Kier molecular flexibility index (Phi) is 7.42. The van der Waals surface area contributed by atoms with Gasteiger partial charge in [0.1, 0.15) is 12.2 Å². The number of nitrogens with zero attached hydrogens (tertiary/aromatic N) is 3. The van der Waals surface area contributed by atoms with Gasteiger partial charge in [0.25, 0.3) is 0 Å². The molecule has 0 radical (unpaired) electrons. The highest BCUT2D eigenvalue weighted by atomic mass is 16.6. The van der Waals surface area contributed by atoms with Crippen LogP contribution in [0.1, 0.15) is 36.7 Å². The third-order valence-electron chi connectivity index (χ3n) is 4.95. The predicted octanol–water partition coefficient (Wildman–Crippen LogP) is 4.00. The highest BCUT2D eigenvalue weighted by molar-refractivity contribution is 5.88. The summed E-state index contributed by atoms with van der Waals surface area (Å²) in [6.45, 7) is 6.59. The minimum Gasteiger partial charge on any atom is -0.478 e. The number of carbonyl (C=O) groups excluding carboxylic acids is 2. The molecule has 0 saturated carbocycles. The summed E-state index contributed by atoms with van der Waals surface area (Å²) in [6, 6.07) is 15.8. The molecule has 9 heteroatoms. The average Bonchev–Trinajstić information content (AvgIpc) is 3.00. The molecule has 33 heavy (non-hydrogen) atoms. The molecule has 2 aromatic rings. The topological polar surface area (TPSA) is 99.6 Å². The molecule has 0 aliphatic carbocycles. The van der Waals surface area contributed by atoms with Crippen molar-refractivity contribution in [2.45, 2.75) is 33.0 Å². The Hall–Kier alpha value is -3.75. The minimum atomic E-state index is -0.999. The van der Waals surface area contributed by atoms with Gasteiger partial charge in [0, 0.05) is 18.8 Å². The van der Waals surface area contributed by atoms with Crippen LogP contribution in [0.3, 0.4) is 0 Å². The van der Waals surface area contributed by atoms with Gasteiger partial charge in [0.15, 0.2) is 0 Å². The van der Waals surface area contributed by atoms with Crippen LogP contribution in [0.4, 0.5) is 15.3 Å². The normalized spacial score (nSPS) is 14.5. The summed E-state index contributed by atoms with van der Waals surface area (Å²) in [5.41, 5.74) is 1.10. The molecular formula is C24H29N3O6. The number of carboxylic acids is 1. The smallest absolute Gasteiger partial charge is 0.429 e. The fourth-order valence-corrected chi connectivity index (χ4v) is 3.35. The molecule has 0 spiro atoms. The number of benzene rings is 2. The van der Waals surface area contributed by atoms with E-state index in [9.17, 15) is 14.4 Å². The van der Waals surface area contributed by atoms with Gasteiger partial charge >= 0.3 is 18.2 Å². The van der Waals surface area contributed by atoms with Gasteiger partial charge in [-0.05, 0) is 50.6 Å². The lowest BCUT2D eigenvalue weighted by atomic mass is 10.2.